The molecule has 0 saturated heterocycles. The summed E-state index contributed by atoms with van der Waals surface area (Å²) >= 11 is 0. The number of benzene rings is 1. The van der Waals surface area contributed by atoms with Crippen LogP contribution in [0.4, 0.5) is 0 Å². The highest BCUT2D eigenvalue weighted by atomic mass is 16.5. The number of unbranched alkanes of at least 4 members (excludes halogenated alkanes) is 1. The van der Waals surface area contributed by atoms with Gasteiger partial charge in [0.25, 0.3) is 0 Å². The Hall–Kier alpha value is -1.49. The van der Waals surface area contributed by atoms with E-state index in [1.54, 1.807) is 0 Å². The predicted molar refractivity (Wildman–Crippen MR) is 81.8 cm³/mol. The van der Waals surface area contributed by atoms with Crippen molar-refractivity contribution in [2.24, 2.45) is 5.41 Å². The van der Waals surface area contributed by atoms with Crippen LogP contribution in [0, 0.1) is 16.7 Å². The van der Waals surface area contributed by atoms with Gasteiger partial charge in [-0.2, -0.15) is 5.26 Å². The van der Waals surface area contributed by atoms with Crippen LogP contribution in [0.15, 0.2) is 18.2 Å². The fourth-order valence-electron chi connectivity index (χ4n) is 2.71. The van der Waals surface area contributed by atoms with Gasteiger partial charge < -0.3 is 4.74 Å². The van der Waals surface area contributed by atoms with Gasteiger partial charge in [-0.25, -0.2) is 0 Å². The predicted octanol–water partition coefficient (Wildman–Crippen LogP) is 4.66. The van der Waals surface area contributed by atoms with Crippen molar-refractivity contribution in [2.45, 2.75) is 58.8 Å². The third kappa shape index (κ3) is 4.27. The number of fused-ring (bicyclic) bond motifs is 1. The van der Waals surface area contributed by atoms with Crippen LogP contribution in [0.2, 0.25) is 0 Å². The third-order valence-corrected chi connectivity index (χ3v) is 4.09. The number of hydrogen-bond acceptors (Lipinski definition) is 2. The van der Waals surface area contributed by atoms with E-state index in [1.807, 2.05) is 13.8 Å². The van der Waals surface area contributed by atoms with Gasteiger partial charge in [0.05, 0.1) is 18.1 Å². The van der Waals surface area contributed by atoms with E-state index in [0.29, 0.717) is 0 Å². The first-order valence-corrected chi connectivity index (χ1v) is 7.77. The molecule has 2 nitrogen and oxygen atoms in total. The number of hydrogen-bond donors (Lipinski definition) is 0. The number of nitriles is 1. The van der Waals surface area contributed by atoms with Crippen LogP contribution < -0.4 is 4.74 Å². The van der Waals surface area contributed by atoms with Crippen molar-refractivity contribution >= 4 is 0 Å². The Bertz CT molecular complexity index is 485. The van der Waals surface area contributed by atoms with Gasteiger partial charge in [-0.3, -0.25) is 0 Å². The smallest absolute Gasteiger partial charge is 0.119 e. The molecule has 0 radical (unpaired) electrons. The molecule has 0 fully saturated rings. The average molecular weight is 271 g/mol. The molecule has 2 rings (SSSR count). The molecule has 0 bridgehead atoms. The Morgan fingerprint density at radius 2 is 1.90 bits per heavy atom. The Balaban J connectivity index is 1.74. The van der Waals surface area contributed by atoms with Crippen LogP contribution in [-0.4, -0.2) is 6.61 Å². The molecule has 1 aliphatic rings. The summed E-state index contributed by atoms with van der Waals surface area (Å²) in [7, 11) is 0. The van der Waals surface area contributed by atoms with Gasteiger partial charge in [0, 0.05) is 0 Å². The first-order valence-electron chi connectivity index (χ1n) is 7.77. The minimum absolute atomic E-state index is 0.203. The minimum Gasteiger partial charge on any atom is -0.494 e. The van der Waals surface area contributed by atoms with Gasteiger partial charge in [-0.05, 0) is 82.1 Å². The van der Waals surface area contributed by atoms with E-state index >= 15 is 0 Å². The van der Waals surface area contributed by atoms with Crippen molar-refractivity contribution in [3.05, 3.63) is 29.3 Å². The highest BCUT2D eigenvalue weighted by Gasteiger charge is 2.15. The summed E-state index contributed by atoms with van der Waals surface area (Å²) < 4.78 is 5.84. The van der Waals surface area contributed by atoms with Crippen molar-refractivity contribution < 1.29 is 4.74 Å². The summed E-state index contributed by atoms with van der Waals surface area (Å²) in [5.74, 6) is 1.00. The monoisotopic (exact) mass is 271 g/mol. The van der Waals surface area contributed by atoms with Crippen LogP contribution in [0.3, 0.4) is 0 Å². The van der Waals surface area contributed by atoms with E-state index < -0.39 is 0 Å². The van der Waals surface area contributed by atoms with E-state index in [9.17, 15) is 0 Å². The first kappa shape index (κ1) is 14.9. The molecule has 0 N–H and O–H groups in total. The molecule has 0 atom stereocenters. The molecule has 0 spiro atoms. The van der Waals surface area contributed by atoms with Crippen molar-refractivity contribution in [1.82, 2.24) is 0 Å². The fraction of sp³-hybridized carbons (Fsp3) is 0.611. The molecule has 0 aromatic heterocycles. The molecular weight excluding hydrogens is 246 g/mol. The standard InChI is InChI=1S/C18H25NO/c1-18(2,14-19)11-5-6-12-20-17-10-9-15-7-3-4-8-16(15)13-17/h9-10,13H,3-8,11-12H2,1-2H3. The molecule has 0 amide bonds. The number of aryl methyl sites for hydroxylation is 2. The van der Waals surface area contributed by atoms with Crippen molar-refractivity contribution in [3.8, 4) is 11.8 Å². The van der Waals surface area contributed by atoms with Gasteiger partial charge >= 0.3 is 0 Å². The summed E-state index contributed by atoms with van der Waals surface area (Å²) in [6.07, 6.45) is 8.05. The summed E-state index contributed by atoms with van der Waals surface area (Å²) in [5.41, 5.74) is 2.77. The van der Waals surface area contributed by atoms with E-state index in [1.165, 1.54) is 36.8 Å². The highest BCUT2D eigenvalue weighted by Crippen LogP contribution is 2.26. The average Bonchev–Trinajstić information content (AvgIpc) is 2.46. The summed E-state index contributed by atoms with van der Waals surface area (Å²) in [6, 6.07) is 8.88. The zero-order valence-electron chi connectivity index (χ0n) is 12.7. The number of nitrogens with zero attached hydrogens (tertiary/aromatic N) is 1. The Kier molecular flexibility index (Phi) is 5.06. The number of rotatable bonds is 6. The third-order valence-electron chi connectivity index (χ3n) is 4.09. The minimum atomic E-state index is -0.203. The summed E-state index contributed by atoms with van der Waals surface area (Å²) in [6.45, 7) is 4.75. The molecular formula is C18H25NO. The highest BCUT2D eigenvalue weighted by molar-refractivity contribution is 5.37. The van der Waals surface area contributed by atoms with Crippen LogP contribution in [-0.2, 0) is 12.8 Å². The van der Waals surface area contributed by atoms with E-state index in [2.05, 4.69) is 24.3 Å². The second-order valence-corrected chi connectivity index (χ2v) is 6.44. The van der Waals surface area contributed by atoms with Crippen LogP contribution in [0.25, 0.3) is 0 Å². The Morgan fingerprint density at radius 3 is 2.65 bits per heavy atom. The molecule has 1 aromatic rings. The molecule has 20 heavy (non-hydrogen) atoms. The maximum atomic E-state index is 8.96. The molecule has 0 aliphatic heterocycles. The topological polar surface area (TPSA) is 33.0 Å². The molecule has 2 heteroatoms. The lowest BCUT2D eigenvalue weighted by atomic mass is 9.89. The van der Waals surface area contributed by atoms with Crippen LogP contribution in [0.5, 0.6) is 5.75 Å². The van der Waals surface area contributed by atoms with Gasteiger partial charge in [0.1, 0.15) is 5.75 Å². The van der Waals surface area contributed by atoms with Crippen molar-refractivity contribution in [3.63, 3.8) is 0 Å². The van der Waals surface area contributed by atoms with Crippen LogP contribution >= 0.6 is 0 Å². The molecule has 108 valence electrons. The SMILES string of the molecule is CC(C)(C#N)CCCCOc1ccc2c(c1)CCCC2. The zero-order valence-corrected chi connectivity index (χ0v) is 12.7. The molecule has 1 aliphatic carbocycles. The summed E-state index contributed by atoms with van der Waals surface area (Å²) in [5, 5.41) is 8.96. The molecule has 0 saturated carbocycles. The molecule has 1 aromatic carbocycles. The van der Waals surface area contributed by atoms with Crippen LogP contribution in [0.1, 0.15) is 57.1 Å². The maximum absolute atomic E-state index is 8.96. The molecule has 0 heterocycles. The van der Waals surface area contributed by atoms with Crippen molar-refractivity contribution in [2.75, 3.05) is 6.61 Å². The number of ether oxygens (including phenoxy) is 1. The van der Waals surface area contributed by atoms with E-state index in [-0.39, 0.29) is 5.41 Å². The van der Waals surface area contributed by atoms with E-state index in [0.717, 1.165) is 31.6 Å². The second-order valence-electron chi connectivity index (χ2n) is 6.44. The largest absolute Gasteiger partial charge is 0.494 e. The fourth-order valence-corrected chi connectivity index (χ4v) is 2.71. The lowest BCUT2D eigenvalue weighted by Gasteiger charge is -2.17. The zero-order chi connectivity index (χ0) is 14.4. The lowest BCUT2D eigenvalue weighted by molar-refractivity contribution is 0.294. The second kappa shape index (κ2) is 6.79. The van der Waals surface area contributed by atoms with Crippen molar-refractivity contribution in [1.29, 1.82) is 5.26 Å². The van der Waals surface area contributed by atoms with Gasteiger partial charge in [-0.1, -0.05) is 6.07 Å². The van der Waals surface area contributed by atoms with Gasteiger partial charge in [0.2, 0.25) is 0 Å². The van der Waals surface area contributed by atoms with E-state index in [4.69, 9.17) is 10.00 Å². The first-order chi connectivity index (χ1) is 9.61. The summed E-state index contributed by atoms with van der Waals surface area (Å²) in [4.78, 5) is 0. The maximum Gasteiger partial charge on any atom is 0.119 e. The Labute approximate surface area is 122 Å². The lowest BCUT2D eigenvalue weighted by Crippen LogP contribution is -2.08. The van der Waals surface area contributed by atoms with Gasteiger partial charge in [-0.15, -0.1) is 0 Å². The molecule has 0 unspecified atom stereocenters. The van der Waals surface area contributed by atoms with Gasteiger partial charge in [0.15, 0.2) is 0 Å². The normalized spacial score (nSPS) is 14.4. The quantitative estimate of drug-likeness (QED) is 0.705. The Morgan fingerprint density at radius 1 is 1.15 bits per heavy atom.